The molecular formula is C37H48ClN5O8S. The summed E-state index contributed by atoms with van der Waals surface area (Å²) in [4.78, 5) is 53.8. The lowest BCUT2D eigenvalue weighted by Gasteiger charge is -2.56. The summed E-state index contributed by atoms with van der Waals surface area (Å²) in [5, 5.41) is 32.1. The van der Waals surface area contributed by atoms with Crippen LogP contribution < -0.4 is 10.4 Å². The summed E-state index contributed by atoms with van der Waals surface area (Å²) < 4.78 is 12.1. The van der Waals surface area contributed by atoms with Crippen molar-refractivity contribution in [3.8, 4) is 0 Å². The molecule has 1 aromatic carbocycles. The molecule has 52 heavy (non-hydrogen) atoms. The Hall–Kier alpha value is -3.11. The van der Waals surface area contributed by atoms with Gasteiger partial charge in [0.15, 0.2) is 23.4 Å². The average Bonchev–Trinajstić information content (AvgIpc) is 3.77. The Morgan fingerprint density at radius 3 is 2.62 bits per heavy atom. The fourth-order valence-corrected chi connectivity index (χ4v) is 10.2. The number of para-hydroxylation sites is 1. The molecular weight excluding hydrogens is 710 g/mol. The van der Waals surface area contributed by atoms with Crippen LogP contribution >= 0.6 is 22.9 Å². The van der Waals surface area contributed by atoms with Crippen LogP contribution in [0.4, 0.5) is 5.69 Å². The van der Waals surface area contributed by atoms with Crippen LogP contribution in [0.2, 0.25) is 5.02 Å². The highest BCUT2D eigenvalue weighted by atomic mass is 35.5. The lowest BCUT2D eigenvalue weighted by molar-refractivity contribution is -0.225. The highest BCUT2D eigenvalue weighted by Crippen LogP contribution is 2.53. The lowest BCUT2D eigenvalue weighted by Crippen LogP contribution is -2.66. The van der Waals surface area contributed by atoms with E-state index < -0.39 is 47.6 Å². The minimum atomic E-state index is -1.58. The molecule has 1 amide bonds. The number of halogens is 1. The van der Waals surface area contributed by atoms with Crippen molar-refractivity contribution in [3.05, 3.63) is 57.0 Å². The summed E-state index contributed by atoms with van der Waals surface area (Å²) in [5.41, 5.74) is -1.36. The van der Waals surface area contributed by atoms with Gasteiger partial charge in [-0.3, -0.25) is 34.5 Å². The van der Waals surface area contributed by atoms with Crippen LogP contribution in [0.25, 0.3) is 0 Å². The predicted molar refractivity (Wildman–Crippen MR) is 193 cm³/mol. The van der Waals surface area contributed by atoms with Crippen molar-refractivity contribution < 1.29 is 38.9 Å². The molecule has 7 rings (SSSR count). The topological polar surface area (TPSA) is 154 Å². The summed E-state index contributed by atoms with van der Waals surface area (Å²) >= 11 is 7.82. The molecule has 1 unspecified atom stereocenters. The summed E-state index contributed by atoms with van der Waals surface area (Å²) in [6, 6.07) is 4.21. The van der Waals surface area contributed by atoms with Gasteiger partial charge in [-0.2, -0.15) is 0 Å². The zero-order chi connectivity index (χ0) is 37.1. The molecule has 15 heteroatoms. The first-order valence-electron chi connectivity index (χ1n) is 18.1. The van der Waals surface area contributed by atoms with Gasteiger partial charge in [0.2, 0.25) is 0 Å². The maximum absolute atomic E-state index is 14.1. The predicted octanol–water partition coefficient (Wildman–Crippen LogP) is 3.34. The molecule has 3 N–H and O–H groups in total. The Balaban J connectivity index is 1.09. The van der Waals surface area contributed by atoms with E-state index >= 15 is 0 Å². The van der Waals surface area contributed by atoms with Gasteiger partial charge in [0.05, 0.1) is 10.7 Å². The Bertz CT molecular complexity index is 1720. The van der Waals surface area contributed by atoms with Gasteiger partial charge < -0.3 is 24.6 Å². The summed E-state index contributed by atoms with van der Waals surface area (Å²) in [6.07, 6.45) is 2.03. The maximum atomic E-state index is 14.1. The third kappa shape index (κ3) is 6.43. The molecule has 2 aromatic rings. The number of rotatable bonds is 7. The number of benzene rings is 1. The second-order valence-electron chi connectivity index (χ2n) is 15.2. The van der Waals surface area contributed by atoms with Crippen molar-refractivity contribution in [2.24, 2.45) is 23.7 Å². The molecule has 3 fully saturated rings. The molecule has 1 aromatic heterocycles. The van der Waals surface area contributed by atoms with E-state index in [-0.39, 0.29) is 36.0 Å². The van der Waals surface area contributed by atoms with Crippen LogP contribution in [0.5, 0.6) is 0 Å². The minimum Gasteiger partial charge on any atom is -0.454 e. The fourth-order valence-electron chi connectivity index (χ4n) is 9.30. The van der Waals surface area contributed by atoms with Gasteiger partial charge in [-0.25, -0.2) is 4.98 Å². The molecule has 0 spiro atoms. The number of amides is 1. The highest BCUT2D eigenvalue weighted by Gasteiger charge is 2.62. The van der Waals surface area contributed by atoms with Crippen LogP contribution in [-0.2, 0) is 29.5 Å². The molecule has 10 atom stereocenters. The van der Waals surface area contributed by atoms with E-state index in [1.54, 1.807) is 31.4 Å². The van der Waals surface area contributed by atoms with E-state index in [0.717, 1.165) is 26.1 Å². The number of aromatic nitrogens is 1. The molecule has 13 nitrogen and oxygen atoms in total. The number of hydrogen-bond acceptors (Lipinski definition) is 13. The third-order valence-electron chi connectivity index (χ3n) is 12.0. The van der Waals surface area contributed by atoms with Gasteiger partial charge in [0.25, 0.3) is 5.91 Å². The first kappa shape index (κ1) is 37.2. The lowest BCUT2D eigenvalue weighted by atomic mass is 9.55. The highest BCUT2D eigenvalue weighted by molar-refractivity contribution is 7.11. The van der Waals surface area contributed by atoms with Gasteiger partial charge in [0.1, 0.15) is 17.2 Å². The van der Waals surface area contributed by atoms with Gasteiger partial charge in [-0.15, -0.1) is 11.3 Å². The Morgan fingerprint density at radius 2 is 1.92 bits per heavy atom. The number of nitrogens with one attached hydrogen (secondary N) is 1. The second-order valence-corrected chi connectivity index (χ2v) is 16.5. The first-order valence-corrected chi connectivity index (χ1v) is 19.4. The number of hydroxylamine groups is 1. The summed E-state index contributed by atoms with van der Waals surface area (Å²) in [6.45, 7) is 10.8. The number of carbonyl (C=O) groups excluding carboxylic acids is 3. The van der Waals surface area contributed by atoms with E-state index in [9.17, 15) is 24.6 Å². The van der Waals surface area contributed by atoms with Crippen LogP contribution in [0.1, 0.15) is 62.3 Å². The number of aliphatic hydroxyl groups is 2. The molecule has 282 valence electrons. The van der Waals surface area contributed by atoms with E-state index in [4.69, 9.17) is 25.9 Å². The van der Waals surface area contributed by atoms with Crippen LogP contribution in [0.3, 0.4) is 0 Å². The summed E-state index contributed by atoms with van der Waals surface area (Å²) in [5.74, 6) is -1.72. The number of ether oxygens (including phenoxy) is 2. The monoisotopic (exact) mass is 757 g/mol. The first-order chi connectivity index (χ1) is 24.7. The Kier molecular flexibility index (Phi) is 10.2. The van der Waals surface area contributed by atoms with E-state index in [2.05, 4.69) is 22.1 Å². The van der Waals surface area contributed by atoms with Gasteiger partial charge in [0, 0.05) is 76.2 Å². The number of piperazine rings is 1. The number of carbonyl (C=O) groups is 3. The van der Waals surface area contributed by atoms with E-state index in [1.807, 2.05) is 30.2 Å². The minimum absolute atomic E-state index is 0.0328. The van der Waals surface area contributed by atoms with Crippen LogP contribution in [0, 0.1) is 23.7 Å². The number of nitrogens with zero attached hydrogens (tertiary/aromatic N) is 4. The number of thiazole rings is 1. The zero-order valence-corrected chi connectivity index (χ0v) is 31.7. The Labute approximate surface area is 312 Å². The van der Waals surface area contributed by atoms with Gasteiger partial charge in [-0.1, -0.05) is 43.7 Å². The average molecular weight is 758 g/mol. The van der Waals surface area contributed by atoms with Crippen LogP contribution in [-0.4, -0.2) is 113 Å². The zero-order valence-electron chi connectivity index (χ0n) is 30.2. The number of fused-ring (bicyclic) bond motifs is 4. The summed E-state index contributed by atoms with van der Waals surface area (Å²) in [7, 11) is 1.68. The quantitative estimate of drug-likeness (QED) is 0.281. The molecule has 2 aliphatic carbocycles. The SMILES string of the molecule is CC(=O)O[C@@H]1C(C)=C[C@@H]2[C@H](C(C)CN3CCN(C(=O)c4nccs4)CC3)CC[C@@H](C)[C@]2(O)[C@H]1OC(=O)[C@@H]1C[C@@]2(O)c3cccc(Cl)c3N(C)O[C@H]2N1. The maximum Gasteiger partial charge on any atom is 0.323 e. The Morgan fingerprint density at radius 1 is 1.17 bits per heavy atom. The van der Waals surface area contributed by atoms with Gasteiger partial charge >= 0.3 is 11.9 Å². The molecule has 5 aliphatic rings. The van der Waals surface area contributed by atoms with Gasteiger partial charge in [-0.05, 0) is 49.2 Å². The second kappa shape index (κ2) is 14.3. The van der Waals surface area contributed by atoms with Crippen molar-refractivity contribution in [1.82, 2.24) is 20.1 Å². The fraction of sp³-hybridized carbons (Fsp3) is 0.622. The van der Waals surface area contributed by atoms with Crippen molar-refractivity contribution in [2.45, 2.75) is 82.6 Å². The molecule has 4 heterocycles. The molecule has 3 aliphatic heterocycles. The van der Waals surface area contributed by atoms with Crippen LogP contribution in [0.15, 0.2) is 41.4 Å². The number of esters is 2. The van der Waals surface area contributed by atoms with Crippen molar-refractivity contribution in [2.75, 3.05) is 44.8 Å². The van der Waals surface area contributed by atoms with E-state index in [0.29, 0.717) is 46.4 Å². The molecule has 0 radical (unpaired) electrons. The standard InChI is InChI=1S/C37H48ClN5O8S/c1-20-17-26-24(21(2)19-42-12-14-43(15-13-42)33(45)32-39-11-16-52-32)10-9-22(3)37(26,48)31(30(20)49-23(4)44)50-34(46)28-18-36(47)25-7-6-8-27(38)29(25)41(5)51-35(36)40-28/h6-8,11,16-17,21-22,24,26,28,30-31,35,40,47-48H,9-10,12-15,18-19H2,1-5H3/t21?,22-,24+,26-,28+,30-,31+,35-,36-,37-/m1/s1. The molecule has 2 saturated heterocycles. The van der Waals surface area contributed by atoms with Crippen molar-refractivity contribution in [3.63, 3.8) is 0 Å². The normalized spacial score (nSPS) is 35.2. The van der Waals surface area contributed by atoms with E-state index in [1.165, 1.54) is 23.3 Å². The van der Waals surface area contributed by atoms with Crippen molar-refractivity contribution >= 4 is 46.5 Å². The number of anilines is 1. The molecule has 1 saturated carbocycles. The smallest absolute Gasteiger partial charge is 0.323 e. The number of hydrogen-bond donors (Lipinski definition) is 3. The molecule has 0 bridgehead atoms. The third-order valence-corrected chi connectivity index (χ3v) is 13.1. The van der Waals surface area contributed by atoms with Crippen molar-refractivity contribution in [1.29, 1.82) is 0 Å². The largest absolute Gasteiger partial charge is 0.454 e.